The number of carbonyl (C=O) groups excluding carboxylic acids is 1. The Balaban J connectivity index is 2.67. The molecular weight excluding hydrogens is 224 g/mol. The van der Waals surface area contributed by atoms with Crippen molar-refractivity contribution in [3.8, 4) is 0 Å². The Morgan fingerprint density at radius 2 is 2.00 bits per heavy atom. The van der Waals surface area contributed by atoms with Crippen LogP contribution in [0.3, 0.4) is 0 Å². The average Bonchev–Trinajstić information content (AvgIpc) is 2.21. The number of halogens is 1. The van der Waals surface area contributed by atoms with Gasteiger partial charge in [-0.1, -0.05) is 24.9 Å². The third-order valence-electron chi connectivity index (χ3n) is 2.39. The molecule has 1 unspecified atom stereocenters. The van der Waals surface area contributed by atoms with Crippen LogP contribution in [0.5, 0.6) is 0 Å². The highest BCUT2D eigenvalue weighted by atomic mass is 35.5. The van der Waals surface area contributed by atoms with Crippen molar-refractivity contribution in [2.45, 2.75) is 32.2 Å². The number of carbonyl (C=O) groups is 1. The number of amides is 1. The molecule has 1 atom stereocenters. The van der Waals surface area contributed by atoms with Gasteiger partial charge in [-0.05, 0) is 37.6 Å². The summed E-state index contributed by atoms with van der Waals surface area (Å²) in [6.45, 7) is 3.74. The molecule has 0 fully saturated rings. The number of hydrogen-bond acceptors (Lipinski definition) is 2. The Morgan fingerprint density at radius 3 is 2.50 bits per heavy atom. The van der Waals surface area contributed by atoms with E-state index in [1.807, 2.05) is 6.92 Å². The lowest BCUT2D eigenvalue weighted by atomic mass is 9.96. The quantitative estimate of drug-likeness (QED) is 0.850. The van der Waals surface area contributed by atoms with Gasteiger partial charge in [0.1, 0.15) is 0 Å². The van der Waals surface area contributed by atoms with Crippen molar-refractivity contribution in [1.29, 1.82) is 0 Å². The molecule has 0 radical (unpaired) electrons. The maximum Gasteiger partial charge on any atom is 0.244 e. The zero-order valence-electron chi connectivity index (χ0n) is 9.59. The van der Waals surface area contributed by atoms with Crippen LogP contribution in [0.4, 0.5) is 5.69 Å². The van der Waals surface area contributed by atoms with Gasteiger partial charge < -0.3 is 11.1 Å². The molecule has 0 aromatic heterocycles. The van der Waals surface area contributed by atoms with Crippen molar-refractivity contribution in [1.82, 2.24) is 0 Å². The van der Waals surface area contributed by atoms with Crippen molar-refractivity contribution in [2.24, 2.45) is 5.73 Å². The molecule has 16 heavy (non-hydrogen) atoms. The molecule has 0 bridgehead atoms. The topological polar surface area (TPSA) is 55.1 Å². The summed E-state index contributed by atoms with van der Waals surface area (Å²) < 4.78 is 0. The van der Waals surface area contributed by atoms with E-state index in [1.54, 1.807) is 31.2 Å². The number of benzene rings is 1. The fourth-order valence-corrected chi connectivity index (χ4v) is 1.57. The summed E-state index contributed by atoms with van der Waals surface area (Å²) in [7, 11) is 0. The highest BCUT2D eigenvalue weighted by Crippen LogP contribution is 2.16. The molecule has 88 valence electrons. The summed E-state index contributed by atoms with van der Waals surface area (Å²) >= 11 is 5.75. The third-order valence-corrected chi connectivity index (χ3v) is 2.64. The summed E-state index contributed by atoms with van der Waals surface area (Å²) in [5.41, 5.74) is 5.80. The summed E-state index contributed by atoms with van der Waals surface area (Å²) in [6.07, 6.45) is 1.54. The molecule has 0 saturated heterocycles. The largest absolute Gasteiger partial charge is 0.325 e. The van der Waals surface area contributed by atoms with Crippen LogP contribution in [-0.4, -0.2) is 11.4 Å². The van der Waals surface area contributed by atoms with Crippen LogP contribution in [0.25, 0.3) is 0 Å². The number of hydrogen-bond donors (Lipinski definition) is 2. The van der Waals surface area contributed by atoms with Crippen LogP contribution in [0.1, 0.15) is 26.7 Å². The van der Waals surface area contributed by atoms with Crippen LogP contribution in [0, 0.1) is 0 Å². The van der Waals surface area contributed by atoms with Crippen LogP contribution >= 0.6 is 11.6 Å². The first-order valence-electron chi connectivity index (χ1n) is 5.31. The molecule has 0 aliphatic heterocycles. The SMILES string of the molecule is CCCC(C)(N)C(=O)Nc1ccc(Cl)cc1. The van der Waals surface area contributed by atoms with Crippen molar-refractivity contribution >= 4 is 23.2 Å². The van der Waals surface area contributed by atoms with Gasteiger partial charge in [0.2, 0.25) is 5.91 Å². The lowest BCUT2D eigenvalue weighted by molar-refractivity contribution is -0.120. The maximum atomic E-state index is 11.8. The summed E-state index contributed by atoms with van der Waals surface area (Å²) in [6, 6.07) is 6.96. The van der Waals surface area contributed by atoms with Crippen LogP contribution in [-0.2, 0) is 4.79 Å². The molecular formula is C12H17ClN2O. The highest BCUT2D eigenvalue weighted by molar-refractivity contribution is 6.30. The minimum absolute atomic E-state index is 0.170. The Labute approximate surface area is 101 Å². The highest BCUT2D eigenvalue weighted by Gasteiger charge is 2.26. The lowest BCUT2D eigenvalue weighted by Gasteiger charge is -2.22. The first-order chi connectivity index (χ1) is 7.45. The van der Waals surface area contributed by atoms with E-state index in [9.17, 15) is 4.79 Å². The molecule has 0 spiro atoms. The minimum Gasteiger partial charge on any atom is -0.325 e. The minimum atomic E-state index is -0.825. The van der Waals surface area contributed by atoms with Gasteiger partial charge in [0, 0.05) is 10.7 Å². The monoisotopic (exact) mass is 240 g/mol. The van der Waals surface area contributed by atoms with E-state index in [2.05, 4.69) is 5.32 Å². The van der Waals surface area contributed by atoms with Gasteiger partial charge in [-0.15, -0.1) is 0 Å². The third kappa shape index (κ3) is 3.51. The average molecular weight is 241 g/mol. The zero-order valence-corrected chi connectivity index (χ0v) is 10.3. The van der Waals surface area contributed by atoms with Crippen LogP contribution in [0.15, 0.2) is 24.3 Å². The molecule has 0 saturated carbocycles. The predicted molar refractivity (Wildman–Crippen MR) is 67.6 cm³/mol. The summed E-state index contributed by atoms with van der Waals surface area (Å²) in [5.74, 6) is -0.170. The lowest BCUT2D eigenvalue weighted by Crippen LogP contribution is -2.48. The molecule has 3 N–H and O–H groups in total. The van der Waals surface area contributed by atoms with E-state index in [0.717, 1.165) is 6.42 Å². The molecule has 0 aliphatic rings. The fourth-order valence-electron chi connectivity index (χ4n) is 1.44. The summed E-state index contributed by atoms with van der Waals surface area (Å²) in [4.78, 5) is 11.8. The second-order valence-electron chi connectivity index (χ2n) is 4.13. The summed E-state index contributed by atoms with van der Waals surface area (Å²) in [5, 5.41) is 3.41. The Kier molecular flexibility index (Phi) is 4.33. The normalized spacial score (nSPS) is 14.2. The first kappa shape index (κ1) is 13.0. The van der Waals surface area contributed by atoms with E-state index >= 15 is 0 Å². The van der Waals surface area contributed by atoms with Crippen molar-refractivity contribution in [3.63, 3.8) is 0 Å². The molecule has 0 heterocycles. The van der Waals surface area contributed by atoms with Crippen LogP contribution in [0.2, 0.25) is 5.02 Å². The Morgan fingerprint density at radius 1 is 1.44 bits per heavy atom. The van der Waals surface area contributed by atoms with Crippen molar-refractivity contribution < 1.29 is 4.79 Å². The van der Waals surface area contributed by atoms with E-state index in [-0.39, 0.29) is 5.91 Å². The Bertz CT molecular complexity index is 360. The Hall–Kier alpha value is -1.06. The molecule has 0 aliphatic carbocycles. The van der Waals surface area contributed by atoms with Gasteiger partial charge in [0.25, 0.3) is 0 Å². The second-order valence-corrected chi connectivity index (χ2v) is 4.56. The van der Waals surface area contributed by atoms with E-state index < -0.39 is 5.54 Å². The first-order valence-corrected chi connectivity index (χ1v) is 5.69. The van der Waals surface area contributed by atoms with Gasteiger partial charge in [-0.3, -0.25) is 4.79 Å². The molecule has 4 heteroatoms. The second kappa shape index (κ2) is 5.32. The van der Waals surface area contributed by atoms with Crippen molar-refractivity contribution in [3.05, 3.63) is 29.3 Å². The van der Waals surface area contributed by atoms with Crippen LogP contribution < -0.4 is 11.1 Å². The number of anilines is 1. The number of nitrogens with one attached hydrogen (secondary N) is 1. The van der Waals surface area contributed by atoms with Crippen molar-refractivity contribution in [2.75, 3.05) is 5.32 Å². The molecule has 1 amide bonds. The zero-order chi connectivity index (χ0) is 12.2. The number of nitrogens with two attached hydrogens (primary N) is 1. The number of rotatable bonds is 4. The van der Waals surface area contributed by atoms with Gasteiger partial charge in [0.05, 0.1) is 5.54 Å². The van der Waals surface area contributed by atoms with Gasteiger partial charge in [0.15, 0.2) is 0 Å². The van der Waals surface area contributed by atoms with E-state index in [1.165, 1.54) is 0 Å². The molecule has 1 aromatic carbocycles. The molecule has 1 rings (SSSR count). The van der Waals surface area contributed by atoms with Gasteiger partial charge in [-0.25, -0.2) is 0 Å². The standard InChI is InChI=1S/C12H17ClN2O/c1-3-8-12(2,14)11(16)15-10-6-4-9(13)5-7-10/h4-7H,3,8,14H2,1-2H3,(H,15,16). The van der Waals surface area contributed by atoms with E-state index in [4.69, 9.17) is 17.3 Å². The maximum absolute atomic E-state index is 11.8. The predicted octanol–water partition coefficient (Wildman–Crippen LogP) is 2.80. The molecule has 3 nitrogen and oxygen atoms in total. The fraction of sp³-hybridized carbons (Fsp3) is 0.417. The van der Waals surface area contributed by atoms with E-state index in [0.29, 0.717) is 17.1 Å². The molecule has 1 aromatic rings. The smallest absolute Gasteiger partial charge is 0.244 e. The van der Waals surface area contributed by atoms with Gasteiger partial charge >= 0.3 is 0 Å². The van der Waals surface area contributed by atoms with Gasteiger partial charge in [-0.2, -0.15) is 0 Å².